The fourth-order valence-corrected chi connectivity index (χ4v) is 1.76. The molecule has 4 heteroatoms. The van der Waals surface area contributed by atoms with Crippen molar-refractivity contribution in [2.24, 2.45) is 7.05 Å². The Kier molecular flexibility index (Phi) is 3.74. The summed E-state index contributed by atoms with van der Waals surface area (Å²) in [5.41, 5.74) is 2.47. The molecule has 0 atom stereocenters. The van der Waals surface area contributed by atoms with Gasteiger partial charge in [0.2, 0.25) is 0 Å². The first-order valence-electron chi connectivity index (χ1n) is 5.16. The highest BCUT2D eigenvalue weighted by atomic mass is 79.9. The molecule has 0 aliphatic rings. The number of halogens is 1. The molecule has 0 aliphatic carbocycles. The minimum Gasteiger partial charge on any atom is -0.337 e. The molecule has 16 heavy (non-hydrogen) atoms. The zero-order valence-electron chi connectivity index (χ0n) is 9.15. The number of hydrogen-bond acceptors (Lipinski definition) is 2. The molecule has 84 valence electrons. The van der Waals surface area contributed by atoms with Gasteiger partial charge in [-0.3, -0.25) is 0 Å². The average Bonchev–Trinajstić information content (AvgIpc) is 2.68. The molecule has 2 rings (SSSR count). The summed E-state index contributed by atoms with van der Waals surface area (Å²) in [5.74, 6) is 0. The van der Waals surface area contributed by atoms with Gasteiger partial charge in [-0.2, -0.15) is 0 Å². The molecule has 0 unspecified atom stereocenters. The van der Waals surface area contributed by atoms with Gasteiger partial charge in [-0.05, 0) is 17.7 Å². The number of aromatic nitrogens is 2. The molecule has 0 spiro atoms. The quantitative estimate of drug-likeness (QED) is 0.932. The summed E-state index contributed by atoms with van der Waals surface area (Å²) in [7, 11) is 2.00. The topological polar surface area (TPSA) is 29.9 Å². The third-order valence-electron chi connectivity index (χ3n) is 2.46. The fourth-order valence-electron chi connectivity index (χ4n) is 1.49. The zero-order valence-corrected chi connectivity index (χ0v) is 10.7. The van der Waals surface area contributed by atoms with Gasteiger partial charge in [0.15, 0.2) is 0 Å². The Morgan fingerprint density at radius 3 is 2.62 bits per heavy atom. The van der Waals surface area contributed by atoms with Gasteiger partial charge >= 0.3 is 0 Å². The van der Waals surface area contributed by atoms with E-state index in [0.717, 1.165) is 17.6 Å². The summed E-state index contributed by atoms with van der Waals surface area (Å²) < 4.78 is 3.14. The molecule has 0 fully saturated rings. The smallest absolute Gasteiger partial charge is 0.0945 e. The van der Waals surface area contributed by atoms with Gasteiger partial charge in [0.25, 0.3) is 0 Å². The van der Waals surface area contributed by atoms with Crippen molar-refractivity contribution < 1.29 is 0 Å². The molecular weight excluding hydrogens is 266 g/mol. The Morgan fingerprint density at radius 1 is 1.25 bits per heavy atom. The first kappa shape index (κ1) is 11.4. The summed E-state index contributed by atoms with van der Waals surface area (Å²) >= 11 is 3.42. The summed E-state index contributed by atoms with van der Waals surface area (Å²) in [6, 6.07) is 8.34. The second kappa shape index (κ2) is 5.27. The van der Waals surface area contributed by atoms with Gasteiger partial charge in [-0.1, -0.05) is 28.1 Å². The van der Waals surface area contributed by atoms with Gasteiger partial charge in [0.05, 0.1) is 12.0 Å². The van der Waals surface area contributed by atoms with Crippen LogP contribution in [0, 0.1) is 0 Å². The maximum atomic E-state index is 4.08. The Labute approximate surface area is 104 Å². The fraction of sp³-hybridized carbons (Fsp3) is 0.250. The first-order valence-corrected chi connectivity index (χ1v) is 5.95. The largest absolute Gasteiger partial charge is 0.337 e. The Morgan fingerprint density at radius 2 is 2.00 bits per heavy atom. The van der Waals surface area contributed by atoms with Crippen molar-refractivity contribution in [2.45, 2.75) is 13.1 Å². The van der Waals surface area contributed by atoms with Crippen molar-refractivity contribution >= 4 is 15.9 Å². The van der Waals surface area contributed by atoms with Crippen LogP contribution in [0.1, 0.15) is 11.3 Å². The molecule has 0 radical (unpaired) electrons. The van der Waals surface area contributed by atoms with Crippen molar-refractivity contribution in [1.82, 2.24) is 14.9 Å². The monoisotopic (exact) mass is 279 g/mol. The van der Waals surface area contributed by atoms with E-state index >= 15 is 0 Å². The molecule has 0 saturated heterocycles. The van der Waals surface area contributed by atoms with Crippen LogP contribution in [0.5, 0.6) is 0 Å². The molecule has 2 aromatic rings. The molecule has 0 bridgehead atoms. The number of hydrogen-bond donors (Lipinski definition) is 1. The Hall–Kier alpha value is -1.13. The van der Waals surface area contributed by atoms with E-state index in [1.807, 2.05) is 24.1 Å². The second-order valence-corrected chi connectivity index (χ2v) is 4.64. The van der Waals surface area contributed by atoms with Crippen LogP contribution in [-0.2, 0) is 20.1 Å². The zero-order chi connectivity index (χ0) is 11.4. The van der Waals surface area contributed by atoms with Crippen molar-refractivity contribution in [3.8, 4) is 0 Å². The molecule has 1 aromatic heterocycles. The molecule has 0 amide bonds. The Balaban J connectivity index is 1.84. The van der Waals surface area contributed by atoms with Crippen molar-refractivity contribution in [3.63, 3.8) is 0 Å². The first-order chi connectivity index (χ1) is 7.75. The van der Waals surface area contributed by atoms with Crippen LogP contribution in [0.3, 0.4) is 0 Å². The minimum absolute atomic E-state index is 0.840. The van der Waals surface area contributed by atoms with Crippen molar-refractivity contribution in [2.75, 3.05) is 0 Å². The lowest BCUT2D eigenvalue weighted by atomic mass is 10.2. The molecule has 1 heterocycles. The minimum atomic E-state index is 0.840. The van der Waals surface area contributed by atoms with Crippen LogP contribution < -0.4 is 5.32 Å². The van der Waals surface area contributed by atoms with E-state index in [9.17, 15) is 0 Å². The van der Waals surface area contributed by atoms with Gasteiger partial charge in [-0.15, -0.1) is 0 Å². The SMILES string of the molecule is Cn1cncc1CNCc1ccc(Br)cc1. The van der Waals surface area contributed by atoms with E-state index in [1.165, 1.54) is 11.3 Å². The highest BCUT2D eigenvalue weighted by molar-refractivity contribution is 9.10. The van der Waals surface area contributed by atoms with Crippen LogP contribution >= 0.6 is 15.9 Å². The predicted molar refractivity (Wildman–Crippen MR) is 67.9 cm³/mol. The number of imidazole rings is 1. The van der Waals surface area contributed by atoms with Gasteiger partial charge in [0.1, 0.15) is 0 Å². The lowest BCUT2D eigenvalue weighted by Crippen LogP contribution is -2.14. The summed E-state index contributed by atoms with van der Waals surface area (Å²) in [4.78, 5) is 4.08. The van der Waals surface area contributed by atoms with Crippen LogP contribution in [0.25, 0.3) is 0 Å². The van der Waals surface area contributed by atoms with Crippen molar-refractivity contribution in [3.05, 3.63) is 52.5 Å². The molecule has 3 nitrogen and oxygen atoms in total. The third kappa shape index (κ3) is 2.93. The van der Waals surface area contributed by atoms with Crippen LogP contribution in [0.15, 0.2) is 41.3 Å². The van der Waals surface area contributed by atoms with E-state index in [-0.39, 0.29) is 0 Å². The van der Waals surface area contributed by atoms with E-state index < -0.39 is 0 Å². The number of aryl methyl sites for hydroxylation is 1. The molecular formula is C12H14BrN3. The maximum absolute atomic E-state index is 4.08. The molecule has 1 aromatic carbocycles. The summed E-state index contributed by atoms with van der Waals surface area (Å²) in [6.07, 6.45) is 3.70. The van der Waals surface area contributed by atoms with E-state index in [2.05, 4.69) is 50.5 Å². The van der Waals surface area contributed by atoms with Crippen LogP contribution in [0.4, 0.5) is 0 Å². The highest BCUT2D eigenvalue weighted by Gasteiger charge is 1.97. The lowest BCUT2D eigenvalue weighted by molar-refractivity contribution is 0.655. The van der Waals surface area contributed by atoms with Gasteiger partial charge in [0, 0.05) is 30.8 Å². The van der Waals surface area contributed by atoms with Crippen molar-refractivity contribution in [1.29, 1.82) is 0 Å². The highest BCUT2D eigenvalue weighted by Crippen LogP contribution is 2.10. The summed E-state index contributed by atoms with van der Waals surface area (Å²) in [5, 5.41) is 3.39. The third-order valence-corrected chi connectivity index (χ3v) is 2.99. The van der Waals surface area contributed by atoms with Gasteiger partial charge in [-0.25, -0.2) is 4.98 Å². The Bertz CT molecular complexity index is 448. The maximum Gasteiger partial charge on any atom is 0.0945 e. The number of nitrogens with zero attached hydrogens (tertiary/aromatic N) is 2. The van der Waals surface area contributed by atoms with Crippen LogP contribution in [-0.4, -0.2) is 9.55 Å². The number of rotatable bonds is 4. The van der Waals surface area contributed by atoms with E-state index in [4.69, 9.17) is 0 Å². The van der Waals surface area contributed by atoms with Crippen LogP contribution in [0.2, 0.25) is 0 Å². The molecule has 0 aliphatic heterocycles. The molecule has 1 N–H and O–H groups in total. The summed E-state index contributed by atoms with van der Waals surface area (Å²) in [6.45, 7) is 1.71. The van der Waals surface area contributed by atoms with E-state index in [1.54, 1.807) is 0 Å². The number of nitrogens with one attached hydrogen (secondary N) is 1. The second-order valence-electron chi connectivity index (χ2n) is 3.73. The lowest BCUT2D eigenvalue weighted by Gasteiger charge is -2.05. The normalized spacial score (nSPS) is 10.6. The predicted octanol–water partition coefficient (Wildman–Crippen LogP) is 2.47. The number of benzene rings is 1. The standard InChI is InChI=1S/C12H14BrN3/c1-16-9-15-8-12(16)7-14-6-10-2-4-11(13)5-3-10/h2-5,8-9,14H,6-7H2,1H3. The van der Waals surface area contributed by atoms with E-state index in [0.29, 0.717) is 0 Å². The average molecular weight is 280 g/mol. The molecule has 0 saturated carbocycles. The van der Waals surface area contributed by atoms with Gasteiger partial charge < -0.3 is 9.88 Å².